The first kappa shape index (κ1) is 88.2. The van der Waals surface area contributed by atoms with Crippen LogP contribution < -0.4 is 5.32 Å². The molecule has 34 heteroatoms. The van der Waals surface area contributed by atoms with E-state index >= 15 is 0 Å². The predicted molar refractivity (Wildman–Crippen MR) is 355 cm³/mol. The lowest BCUT2D eigenvalue weighted by atomic mass is 10.0. The fourth-order valence-corrected chi connectivity index (χ4v) is 20.7. The number of carbonyl (C=O) groups is 2. The molecular weight excluding hydrogens is 1340 g/mol. The highest BCUT2D eigenvalue weighted by Gasteiger charge is 2.53. The topological polar surface area (TPSA) is 288 Å². The molecule has 0 bridgehead atoms. The first-order valence-electron chi connectivity index (χ1n) is 31.9. The SMILES string of the molecule is COCCOCCOCCOCCOCCOCCOCCOCCOCCOCCOCCOCCOCCOCCOCCOCCOCCOCCOCCOCCOCCOCCOCCOCCC(=O)NCCCC[C@@H](C(=O)O)C1SSC2(SS1)SS2. The first-order valence-corrected chi connectivity index (χ1v) is 38.5. The van der Waals surface area contributed by atoms with Crippen molar-refractivity contribution in [3.05, 3.63) is 0 Å². The second kappa shape index (κ2) is 72.3. The van der Waals surface area contributed by atoms with E-state index in [2.05, 4.69) is 5.32 Å². The number of hydrogen-bond donors (Lipinski definition) is 2. The quantitative estimate of drug-likeness (QED) is 0.0481. The van der Waals surface area contributed by atoms with Gasteiger partial charge in [-0.1, -0.05) is 49.6 Å². The molecule has 2 aliphatic heterocycles. The van der Waals surface area contributed by atoms with Crippen molar-refractivity contribution in [2.45, 2.75) is 33.0 Å². The second-order valence-electron chi connectivity index (χ2n) is 19.0. The highest BCUT2D eigenvalue weighted by atomic mass is 33.2. The van der Waals surface area contributed by atoms with Crippen LogP contribution in [0.5, 0.6) is 0 Å². The van der Waals surface area contributed by atoms with Gasteiger partial charge in [-0.05, 0) is 34.4 Å². The zero-order valence-corrected chi connectivity index (χ0v) is 59.3. The van der Waals surface area contributed by atoms with E-state index in [9.17, 15) is 14.7 Å². The van der Waals surface area contributed by atoms with Gasteiger partial charge in [-0.15, -0.1) is 0 Å². The van der Waals surface area contributed by atoms with Crippen molar-refractivity contribution in [2.75, 3.05) is 324 Å². The Hall–Kier alpha value is 0.0800. The van der Waals surface area contributed by atoms with Gasteiger partial charge in [0.1, 0.15) is 0 Å². The van der Waals surface area contributed by atoms with E-state index in [-0.39, 0.29) is 19.7 Å². The monoisotopic (exact) mass is 1450 g/mol. The third-order valence-electron chi connectivity index (χ3n) is 11.7. The van der Waals surface area contributed by atoms with Crippen LogP contribution in [0.4, 0.5) is 0 Å². The Morgan fingerprint density at radius 2 is 0.522 bits per heavy atom. The predicted octanol–water partition coefficient (Wildman–Crippen LogP) is 4.50. The fraction of sp³-hybridized carbons (Fsp3) is 0.966. The van der Waals surface area contributed by atoms with Crippen LogP contribution in [0.1, 0.15) is 25.7 Å². The van der Waals surface area contributed by atoms with Crippen molar-refractivity contribution >= 4 is 76.6 Å². The largest absolute Gasteiger partial charge is 0.481 e. The summed E-state index contributed by atoms with van der Waals surface area (Å²) in [5, 5.41) is 12.6. The van der Waals surface area contributed by atoms with Crippen molar-refractivity contribution in [1.82, 2.24) is 5.32 Å². The molecule has 1 amide bonds. The van der Waals surface area contributed by atoms with Crippen LogP contribution in [0.3, 0.4) is 0 Å². The van der Waals surface area contributed by atoms with Crippen molar-refractivity contribution in [3.63, 3.8) is 0 Å². The summed E-state index contributed by atoms with van der Waals surface area (Å²) in [4.78, 5) is 23.9. The van der Waals surface area contributed by atoms with Gasteiger partial charge in [0.2, 0.25) is 5.91 Å². The number of hydrogen-bond acceptors (Lipinski definition) is 32. The molecule has 0 aromatic carbocycles. The number of rotatable bonds is 79. The fourth-order valence-electron chi connectivity index (χ4n) is 6.90. The van der Waals surface area contributed by atoms with Crippen molar-refractivity contribution in [3.8, 4) is 0 Å². The molecule has 0 aromatic heterocycles. The molecule has 546 valence electrons. The van der Waals surface area contributed by atoms with E-state index in [4.69, 9.17) is 114 Å². The number of methoxy groups -OCH3 is 1. The van der Waals surface area contributed by atoms with Gasteiger partial charge >= 0.3 is 5.97 Å². The standard InChI is InChI=1S/C58H111NO27S6/c1-63-8-9-65-12-13-67-16-17-69-20-21-71-24-25-73-28-29-75-32-33-77-36-37-79-40-41-81-44-45-83-48-49-85-52-53-86-51-50-84-47-46-82-43-42-80-39-38-78-35-34-76-31-30-74-27-26-72-23-22-70-19-18-68-15-14-66-11-10-64-7-5-55(60)59-6-3-2-4-54(56(61)62)57-87-89-58(90-88-57)91-92-58/h54,57H,2-53H2,1H3,(H,59,60)(H,61,62)/t54-/m0/s1. The van der Waals surface area contributed by atoms with E-state index in [1.54, 1.807) is 50.3 Å². The molecule has 2 heterocycles. The van der Waals surface area contributed by atoms with Crippen molar-refractivity contribution < 1.29 is 128 Å². The zero-order valence-electron chi connectivity index (χ0n) is 54.4. The normalized spacial score (nSPS) is 14.3. The molecule has 1 atom stereocenters. The van der Waals surface area contributed by atoms with Gasteiger partial charge in [0.05, 0.1) is 321 Å². The maximum Gasteiger partial charge on any atom is 0.308 e. The Bertz CT molecular complexity index is 1540. The van der Waals surface area contributed by atoms with E-state index in [1.807, 2.05) is 21.6 Å². The minimum absolute atomic E-state index is 0.0363. The van der Waals surface area contributed by atoms with Crippen LogP contribution in [-0.2, 0) is 123 Å². The summed E-state index contributed by atoms with van der Waals surface area (Å²) in [6.45, 7) is 23.1. The molecule has 2 rings (SSSR count). The number of unbranched alkanes of at least 4 members (excludes halogenated alkanes) is 1. The lowest BCUT2D eigenvalue weighted by Crippen LogP contribution is -2.27. The summed E-state index contributed by atoms with van der Waals surface area (Å²) in [6.07, 6.45) is 2.37. The lowest BCUT2D eigenvalue weighted by molar-refractivity contribution is -0.141. The van der Waals surface area contributed by atoms with Crippen LogP contribution in [0.15, 0.2) is 0 Å². The van der Waals surface area contributed by atoms with Crippen LogP contribution >= 0.6 is 64.8 Å². The summed E-state index contributed by atoms with van der Waals surface area (Å²) in [7, 11) is 12.2. The molecule has 0 radical (unpaired) electrons. The van der Waals surface area contributed by atoms with Gasteiger partial charge < -0.3 is 124 Å². The van der Waals surface area contributed by atoms with Gasteiger partial charge in [0, 0.05) is 20.1 Å². The average Bonchev–Trinajstić information content (AvgIpc) is 1.70. The molecule has 92 heavy (non-hydrogen) atoms. The number of nitrogens with one attached hydrogen (secondary N) is 1. The Balaban J connectivity index is 1.10. The van der Waals surface area contributed by atoms with E-state index in [1.165, 1.54) is 0 Å². The Morgan fingerprint density at radius 3 is 0.717 bits per heavy atom. The van der Waals surface area contributed by atoms with E-state index in [0.29, 0.717) is 323 Å². The third kappa shape index (κ3) is 63.5. The molecule has 0 unspecified atom stereocenters. The summed E-state index contributed by atoms with van der Waals surface area (Å²) in [6, 6.07) is 0. The molecule has 2 N–H and O–H groups in total. The van der Waals surface area contributed by atoms with Crippen LogP contribution in [0.2, 0.25) is 0 Å². The zero-order chi connectivity index (χ0) is 65.5. The van der Waals surface area contributed by atoms with Gasteiger partial charge in [0.25, 0.3) is 0 Å². The molecule has 2 saturated heterocycles. The van der Waals surface area contributed by atoms with Crippen molar-refractivity contribution in [1.29, 1.82) is 0 Å². The molecule has 1 spiro atoms. The molecule has 0 aliphatic carbocycles. The van der Waals surface area contributed by atoms with Crippen LogP contribution in [0, 0.1) is 5.92 Å². The Kier molecular flexibility index (Phi) is 69.3. The number of aliphatic carboxylic acids is 1. The Morgan fingerprint density at radius 1 is 0.315 bits per heavy atom. The summed E-state index contributed by atoms with van der Waals surface area (Å²) >= 11 is 0. The van der Waals surface area contributed by atoms with Gasteiger partial charge in [-0.25, -0.2) is 0 Å². The van der Waals surface area contributed by atoms with Crippen LogP contribution in [0.25, 0.3) is 0 Å². The highest BCUT2D eigenvalue weighted by molar-refractivity contribution is 9.14. The van der Waals surface area contributed by atoms with E-state index < -0.39 is 11.9 Å². The molecule has 0 aromatic rings. The first-order chi connectivity index (χ1) is 45.6. The smallest absolute Gasteiger partial charge is 0.308 e. The maximum absolute atomic E-state index is 12.1. The highest BCUT2D eigenvalue weighted by Crippen LogP contribution is 2.84. The Labute approximate surface area is 570 Å². The molecular formula is C58H111NO27S6. The summed E-state index contributed by atoms with van der Waals surface area (Å²) in [5.74, 6) is -1.21. The second-order valence-corrected chi connectivity index (χ2v) is 28.5. The number of carboxylic acids is 1. The van der Waals surface area contributed by atoms with Gasteiger partial charge in [-0.2, -0.15) is 0 Å². The third-order valence-corrected chi connectivity index (χ3v) is 25.6. The maximum atomic E-state index is 12.1. The minimum atomic E-state index is -0.746. The van der Waals surface area contributed by atoms with E-state index in [0.717, 1.165) is 12.8 Å². The van der Waals surface area contributed by atoms with Gasteiger partial charge in [-0.3, -0.25) is 9.59 Å². The molecule has 28 nitrogen and oxygen atoms in total. The molecule has 2 aliphatic rings. The van der Waals surface area contributed by atoms with Gasteiger partial charge in [0.15, 0.2) is 2.74 Å². The number of carbonyl (C=O) groups excluding carboxylic acids is 1. The lowest BCUT2D eigenvalue weighted by Gasteiger charge is -2.27. The van der Waals surface area contributed by atoms with Crippen LogP contribution in [-0.4, -0.2) is 348 Å². The average molecular weight is 1450 g/mol. The minimum Gasteiger partial charge on any atom is -0.481 e. The number of ether oxygens (including phenoxy) is 24. The summed E-state index contributed by atoms with van der Waals surface area (Å²) in [5.41, 5.74) is 0. The van der Waals surface area contributed by atoms with Crippen molar-refractivity contribution in [2.24, 2.45) is 5.92 Å². The number of amides is 1. The molecule has 0 saturated carbocycles. The number of carboxylic acid groups (broad SMARTS) is 1. The summed E-state index contributed by atoms with van der Waals surface area (Å²) < 4.78 is 132. The molecule has 2 fully saturated rings.